The quantitative estimate of drug-likeness (QED) is 0.402. The number of ether oxygens (including phenoxy) is 3. The van der Waals surface area contributed by atoms with Crippen molar-refractivity contribution >= 4 is 5.97 Å². The number of hydrogen-bond acceptors (Lipinski definition) is 6. The van der Waals surface area contributed by atoms with Gasteiger partial charge in [0, 0.05) is 25.4 Å². The summed E-state index contributed by atoms with van der Waals surface area (Å²) >= 11 is 0. The summed E-state index contributed by atoms with van der Waals surface area (Å²) in [6, 6.07) is 6.08. The Labute approximate surface area is 195 Å². The molecule has 1 saturated heterocycles. The maximum atomic E-state index is 13.7. The first-order chi connectivity index (χ1) is 15.8. The van der Waals surface area contributed by atoms with Crippen LogP contribution in [0.25, 0.3) is 0 Å². The molecule has 2 fully saturated rings. The van der Waals surface area contributed by atoms with Gasteiger partial charge in [0.2, 0.25) is 0 Å². The van der Waals surface area contributed by atoms with E-state index in [2.05, 4.69) is 0 Å². The van der Waals surface area contributed by atoms with Crippen molar-refractivity contribution in [2.45, 2.75) is 76.8 Å². The number of halogens is 1. The lowest BCUT2D eigenvalue weighted by Gasteiger charge is -2.21. The van der Waals surface area contributed by atoms with Gasteiger partial charge in [-0.2, -0.15) is 0 Å². The Kier molecular flexibility index (Phi) is 9.71. The molecule has 3 rings (SSSR count). The van der Waals surface area contributed by atoms with Gasteiger partial charge in [-0.1, -0.05) is 24.3 Å². The number of aliphatic hydroxyl groups excluding tert-OH is 2. The van der Waals surface area contributed by atoms with Gasteiger partial charge in [0.1, 0.15) is 12.7 Å². The monoisotopic (exact) mass is 464 g/mol. The molecule has 184 valence electrons. The van der Waals surface area contributed by atoms with Crippen LogP contribution in [-0.4, -0.2) is 53.8 Å². The van der Waals surface area contributed by atoms with Gasteiger partial charge in [-0.05, 0) is 63.5 Å². The summed E-state index contributed by atoms with van der Waals surface area (Å²) in [5, 5.41) is 20.8. The number of esters is 1. The minimum Gasteiger partial charge on any atom is -0.487 e. The Morgan fingerprint density at radius 2 is 2.09 bits per heavy atom. The zero-order valence-corrected chi connectivity index (χ0v) is 19.6. The molecule has 1 heterocycles. The predicted molar refractivity (Wildman–Crippen MR) is 122 cm³/mol. The van der Waals surface area contributed by atoms with Crippen molar-refractivity contribution in [3.63, 3.8) is 0 Å². The van der Waals surface area contributed by atoms with E-state index in [0.29, 0.717) is 25.4 Å². The molecule has 6 atom stereocenters. The maximum Gasteiger partial charge on any atom is 0.306 e. The van der Waals surface area contributed by atoms with Crippen molar-refractivity contribution in [2.24, 2.45) is 17.8 Å². The van der Waals surface area contributed by atoms with Gasteiger partial charge in [0.05, 0.1) is 18.3 Å². The summed E-state index contributed by atoms with van der Waals surface area (Å²) in [5.41, 5.74) is 0. The number of fused-ring (bicyclic) bond motifs is 1. The summed E-state index contributed by atoms with van der Waals surface area (Å²) in [6.45, 7) is 4.28. The van der Waals surface area contributed by atoms with Crippen LogP contribution in [0.4, 0.5) is 4.39 Å². The van der Waals surface area contributed by atoms with E-state index in [1.807, 2.05) is 19.9 Å². The van der Waals surface area contributed by atoms with Gasteiger partial charge in [-0.3, -0.25) is 4.79 Å². The molecule has 2 aliphatic rings. The number of rotatable bonds is 10. The first kappa shape index (κ1) is 25.7. The van der Waals surface area contributed by atoms with Gasteiger partial charge < -0.3 is 24.4 Å². The van der Waals surface area contributed by atoms with Crippen LogP contribution in [0.2, 0.25) is 0 Å². The van der Waals surface area contributed by atoms with E-state index in [1.165, 1.54) is 12.1 Å². The standard InChI is InChI=1S/C26H37FO6/c1-17(2)33-26(30)9-5-6-18-10-12-21-20(23(29)14-25(21)31-15-18)13-11-19(28)16-32-24-8-4-3-7-22(24)27/h3-4,7-8,11,13,17-21,23,25,28-29H,5-6,9-10,12,14-16H2,1-2H3/b13-11+/t18-,19+,20+,21+,23+,25-/m0/s1. The van der Waals surface area contributed by atoms with Crippen LogP contribution >= 0.6 is 0 Å². The van der Waals surface area contributed by atoms with Crippen LogP contribution in [0.5, 0.6) is 5.75 Å². The van der Waals surface area contributed by atoms with E-state index in [-0.39, 0.29) is 42.4 Å². The highest BCUT2D eigenvalue weighted by atomic mass is 19.1. The molecule has 0 bridgehead atoms. The molecule has 1 aliphatic carbocycles. The zero-order chi connectivity index (χ0) is 23.8. The summed E-state index contributed by atoms with van der Waals surface area (Å²) in [4.78, 5) is 11.7. The first-order valence-electron chi connectivity index (χ1n) is 12.1. The molecule has 1 saturated carbocycles. The van der Waals surface area contributed by atoms with Crippen molar-refractivity contribution in [3.8, 4) is 5.75 Å². The van der Waals surface area contributed by atoms with Crippen LogP contribution < -0.4 is 4.74 Å². The second-order valence-corrected chi connectivity index (χ2v) is 9.48. The molecule has 33 heavy (non-hydrogen) atoms. The molecule has 6 nitrogen and oxygen atoms in total. The zero-order valence-electron chi connectivity index (χ0n) is 19.6. The molecular weight excluding hydrogens is 427 g/mol. The lowest BCUT2D eigenvalue weighted by Crippen LogP contribution is -2.22. The second-order valence-electron chi connectivity index (χ2n) is 9.48. The minimum atomic E-state index is -0.902. The van der Waals surface area contributed by atoms with Crippen LogP contribution in [0.15, 0.2) is 36.4 Å². The molecule has 0 amide bonds. The molecular formula is C26H37FO6. The molecule has 0 spiro atoms. The van der Waals surface area contributed by atoms with Gasteiger partial charge >= 0.3 is 5.97 Å². The van der Waals surface area contributed by atoms with E-state index < -0.39 is 18.0 Å². The number of aliphatic hydroxyl groups is 2. The SMILES string of the molecule is CC(C)OC(=O)CCC[C@H]1CC[C@@H]2[C@@H](/C=C/[C@@H](O)COc3ccccc3F)[C@H](O)C[C@@H]2OC1. The third-order valence-electron chi connectivity index (χ3n) is 6.51. The Morgan fingerprint density at radius 1 is 1.30 bits per heavy atom. The number of hydrogen-bond donors (Lipinski definition) is 2. The lowest BCUT2D eigenvalue weighted by molar-refractivity contribution is -0.147. The van der Waals surface area contributed by atoms with E-state index in [4.69, 9.17) is 14.2 Å². The minimum absolute atomic E-state index is 0.00244. The fourth-order valence-electron chi connectivity index (χ4n) is 4.85. The summed E-state index contributed by atoms with van der Waals surface area (Å²) < 4.78 is 30.4. The number of para-hydroxylation sites is 1. The smallest absolute Gasteiger partial charge is 0.306 e. The fraction of sp³-hybridized carbons (Fsp3) is 0.654. The first-order valence-corrected chi connectivity index (χ1v) is 12.1. The average molecular weight is 465 g/mol. The highest BCUT2D eigenvalue weighted by molar-refractivity contribution is 5.69. The van der Waals surface area contributed by atoms with Crippen LogP contribution in [-0.2, 0) is 14.3 Å². The maximum absolute atomic E-state index is 13.7. The molecule has 0 aromatic heterocycles. The molecule has 1 aliphatic heterocycles. The van der Waals surface area contributed by atoms with Crippen molar-refractivity contribution in [3.05, 3.63) is 42.2 Å². The van der Waals surface area contributed by atoms with E-state index >= 15 is 0 Å². The van der Waals surface area contributed by atoms with E-state index in [9.17, 15) is 19.4 Å². The van der Waals surface area contributed by atoms with Crippen LogP contribution in [0.3, 0.4) is 0 Å². The third-order valence-corrected chi connectivity index (χ3v) is 6.51. The Hall–Kier alpha value is -1.96. The van der Waals surface area contributed by atoms with E-state index in [0.717, 1.165) is 25.7 Å². The number of carbonyl (C=O) groups is 1. The molecule has 1 aromatic rings. The van der Waals surface area contributed by atoms with Crippen molar-refractivity contribution in [1.29, 1.82) is 0 Å². The topological polar surface area (TPSA) is 85.2 Å². The highest BCUT2D eigenvalue weighted by Crippen LogP contribution is 2.42. The lowest BCUT2D eigenvalue weighted by atomic mass is 9.86. The summed E-state index contributed by atoms with van der Waals surface area (Å²) in [6.07, 6.45) is 6.60. The Balaban J connectivity index is 1.46. The summed E-state index contributed by atoms with van der Waals surface area (Å²) in [7, 11) is 0. The van der Waals surface area contributed by atoms with Crippen molar-refractivity contribution in [2.75, 3.05) is 13.2 Å². The highest BCUT2D eigenvalue weighted by Gasteiger charge is 2.43. The van der Waals surface area contributed by atoms with E-state index in [1.54, 1.807) is 18.2 Å². The normalized spacial score (nSPS) is 28.5. The average Bonchev–Trinajstić information content (AvgIpc) is 2.92. The van der Waals surface area contributed by atoms with Crippen LogP contribution in [0, 0.1) is 23.6 Å². The molecule has 0 unspecified atom stereocenters. The Bertz CT molecular complexity index is 782. The third kappa shape index (κ3) is 7.80. The van der Waals surface area contributed by atoms with Crippen LogP contribution in [0.1, 0.15) is 52.4 Å². The molecule has 2 N–H and O–H groups in total. The van der Waals surface area contributed by atoms with Gasteiger partial charge in [0.25, 0.3) is 0 Å². The van der Waals surface area contributed by atoms with Gasteiger partial charge in [-0.25, -0.2) is 4.39 Å². The summed E-state index contributed by atoms with van der Waals surface area (Å²) in [5.74, 6) is -0.0349. The number of carbonyl (C=O) groups excluding carboxylic acids is 1. The Morgan fingerprint density at radius 3 is 2.85 bits per heavy atom. The number of benzene rings is 1. The van der Waals surface area contributed by atoms with Gasteiger partial charge in [-0.15, -0.1) is 0 Å². The fourth-order valence-corrected chi connectivity index (χ4v) is 4.85. The molecule has 7 heteroatoms. The molecule has 0 radical (unpaired) electrons. The van der Waals surface area contributed by atoms with Gasteiger partial charge in [0.15, 0.2) is 11.6 Å². The second kappa shape index (κ2) is 12.5. The predicted octanol–water partition coefficient (Wildman–Crippen LogP) is 4.04. The largest absolute Gasteiger partial charge is 0.487 e. The van der Waals surface area contributed by atoms with Crippen molar-refractivity contribution in [1.82, 2.24) is 0 Å². The molecule has 1 aromatic carbocycles. The van der Waals surface area contributed by atoms with Crippen molar-refractivity contribution < 1.29 is 33.6 Å².